The van der Waals surface area contributed by atoms with E-state index in [2.05, 4.69) is 12.2 Å². The molecule has 0 aliphatic heterocycles. The van der Waals surface area contributed by atoms with E-state index in [0.29, 0.717) is 0 Å². The molecule has 0 aromatic heterocycles. The van der Waals surface area contributed by atoms with E-state index in [1.807, 2.05) is 13.8 Å². The van der Waals surface area contributed by atoms with Gasteiger partial charge in [0.05, 0.1) is 0 Å². The summed E-state index contributed by atoms with van der Waals surface area (Å²) < 4.78 is 0. The van der Waals surface area contributed by atoms with Gasteiger partial charge in [-0.1, -0.05) is 26.7 Å². The average molecular weight is 214 g/mol. The summed E-state index contributed by atoms with van der Waals surface area (Å²) in [6.45, 7) is 6.93. The van der Waals surface area contributed by atoms with Gasteiger partial charge in [0.15, 0.2) is 0 Å². The summed E-state index contributed by atoms with van der Waals surface area (Å²) in [5.74, 6) is 0.314. The highest BCUT2D eigenvalue weighted by Gasteiger charge is 2.11. The van der Waals surface area contributed by atoms with E-state index in [1.165, 1.54) is 0 Å². The first kappa shape index (κ1) is 14.4. The molecule has 3 nitrogen and oxygen atoms in total. The van der Waals surface area contributed by atoms with Crippen molar-refractivity contribution >= 4 is 5.91 Å². The molecule has 2 unspecified atom stereocenters. The third kappa shape index (κ3) is 8.43. The molecule has 0 aliphatic rings. The van der Waals surface area contributed by atoms with Crippen LogP contribution in [0.2, 0.25) is 0 Å². The van der Waals surface area contributed by atoms with Crippen molar-refractivity contribution in [1.82, 2.24) is 5.32 Å². The molecule has 90 valence electrons. The SMILES string of the molecule is CCCCNC(=O)C(C)CCCC(C)N. The number of hydrogen-bond donors (Lipinski definition) is 2. The van der Waals surface area contributed by atoms with E-state index < -0.39 is 0 Å². The van der Waals surface area contributed by atoms with Gasteiger partial charge in [-0.25, -0.2) is 0 Å². The van der Waals surface area contributed by atoms with Crippen molar-refractivity contribution in [3.8, 4) is 0 Å². The third-order valence-electron chi connectivity index (χ3n) is 2.57. The molecule has 0 rings (SSSR count). The average Bonchev–Trinajstić information content (AvgIpc) is 2.17. The quantitative estimate of drug-likeness (QED) is 0.608. The second-order valence-corrected chi connectivity index (χ2v) is 4.45. The van der Waals surface area contributed by atoms with Crippen LogP contribution in [0.4, 0.5) is 0 Å². The number of carbonyl (C=O) groups is 1. The van der Waals surface area contributed by atoms with Crippen molar-refractivity contribution < 1.29 is 4.79 Å². The first-order valence-corrected chi connectivity index (χ1v) is 6.11. The number of amides is 1. The van der Waals surface area contributed by atoms with Crippen molar-refractivity contribution in [1.29, 1.82) is 0 Å². The predicted octanol–water partition coefficient (Wildman–Crippen LogP) is 2.06. The summed E-state index contributed by atoms with van der Waals surface area (Å²) in [5, 5.41) is 2.95. The maximum absolute atomic E-state index is 11.6. The Hall–Kier alpha value is -0.570. The zero-order valence-corrected chi connectivity index (χ0v) is 10.4. The molecule has 0 saturated carbocycles. The second-order valence-electron chi connectivity index (χ2n) is 4.45. The molecular formula is C12H26N2O. The summed E-state index contributed by atoms with van der Waals surface area (Å²) in [7, 11) is 0. The highest BCUT2D eigenvalue weighted by Crippen LogP contribution is 2.08. The second kappa shape index (κ2) is 8.72. The van der Waals surface area contributed by atoms with Gasteiger partial charge >= 0.3 is 0 Å². The molecule has 0 radical (unpaired) electrons. The molecule has 0 aromatic carbocycles. The van der Waals surface area contributed by atoms with Gasteiger partial charge in [-0.15, -0.1) is 0 Å². The maximum Gasteiger partial charge on any atom is 0.222 e. The molecule has 0 heterocycles. The van der Waals surface area contributed by atoms with Gasteiger partial charge < -0.3 is 11.1 Å². The zero-order chi connectivity index (χ0) is 11.7. The predicted molar refractivity (Wildman–Crippen MR) is 64.6 cm³/mol. The van der Waals surface area contributed by atoms with Crippen molar-refractivity contribution in [2.24, 2.45) is 11.7 Å². The fraction of sp³-hybridized carbons (Fsp3) is 0.917. The molecular weight excluding hydrogens is 188 g/mol. The number of nitrogens with one attached hydrogen (secondary N) is 1. The number of hydrogen-bond acceptors (Lipinski definition) is 2. The van der Waals surface area contributed by atoms with Crippen LogP contribution in [-0.2, 0) is 4.79 Å². The van der Waals surface area contributed by atoms with Crippen LogP contribution in [0.15, 0.2) is 0 Å². The summed E-state index contributed by atoms with van der Waals surface area (Å²) in [6.07, 6.45) is 5.18. The molecule has 0 bridgehead atoms. The minimum absolute atomic E-state index is 0.126. The molecule has 2 atom stereocenters. The summed E-state index contributed by atoms with van der Waals surface area (Å²) in [5.41, 5.74) is 5.65. The third-order valence-corrected chi connectivity index (χ3v) is 2.57. The van der Waals surface area contributed by atoms with Crippen LogP contribution >= 0.6 is 0 Å². The molecule has 0 fully saturated rings. The Morgan fingerprint density at radius 1 is 1.27 bits per heavy atom. The number of nitrogens with two attached hydrogens (primary N) is 1. The summed E-state index contributed by atoms with van der Waals surface area (Å²) in [6, 6.07) is 0.250. The van der Waals surface area contributed by atoms with Crippen LogP contribution in [0.3, 0.4) is 0 Å². The summed E-state index contributed by atoms with van der Waals surface area (Å²) in [4.78, 5) is 11.6. The Morgan fingerprint density at radius 2 is 1.93 bits per heavy atom. The van der Waals surface area contributed by atoms with Crippen LogP contribution in [0.25, 0.3) is 0 Å². The fourth-order valence-electron chi connectivity index (χ4n) is 1.44. The van der Waals surface area contributed by atoms with Gasteiger partial charge in [0.2, 0.25) is 5.91 Å². The summed E-state index contributed by atoms with van der Waals surface area (Å²) >= 11 is 0. The monoisotopic (exact) mass is 214 g/mol. The largest absolute Gasteiger partial charge is 0.356 e. The molecule has 0 aliphatic carbocycles. The smallest absolute Gasteiger partial charge is 0.222 e. The van der Waals surface area contributed by atoms with Crippen LogP contribution in [0.5, 0.6) is 0 Å². The molecule has 1 amide bonds. The maximum atomic E-state index is 11.6. The van der Waals surface area contributed by atoms with Gasteiger partial charge in [0.25, 0.3) is 0 Å². The Bertz CT molecular complexity index is 169. The lowest BCUT2D eigenvalue weighted by molar-refractivity contribution is -0.124. The van der Waals surface area contributed by atoms with Gasteiger partial charge in [-0.05, 0) is 26.2 Å². The van der Waals surface area contributed by atoms with Crippen molar-refractivity contribution in [3.05, 3.63) is 0 Å². The minimum Gasteiger partial charge on any atom is -0.356 e. The van der Waals surface area contributed by atoms with Crippen LogP contribution in [0.1, 0.15) is 52.9 Å². The van der Waals surface area contributed by atoms with Gasteiger partial charge in [0, 0.05) is 18.5 Å². The van der Waals surface area contributed by atoms with E-state index in [-0.39, 0.29) is 17.9 Å². The molecule has 3 N–H and O–H groups in total. The Morgan fingerprint density at radius 3 is 2.47 bits per heavy atom. The molecule has 0 spiro atoms. The molecule has 0 aromatic rings. The molecule has 3 heteroatoms. The van der Waals surface area contributed by atoms with Crippen LogP contribution in [-0.4, -0.2) is 18.5 Å². The van der Waals surface area contributed by atoms with Crippen molar-refractivity contribution in [2.75, 3.05) is 6.54 Å². The van der Waals surface area contributed by atoms with E-state index in [0.717, 1.165) is 38.6 Å². The highest BCUT2D eigenvalue weighted by molar-refractivity contribution is 5.78. The van der Waals surface area contributed by atoms with Crippen molar-refractivity contribution in [3.63, 3.8) is 0 Å². The normalized spacial score (nSPS) is 14.7. The number of carbonyl (C=O) groups excluding carboxylic acids is 1. The highest BCUT2D eigenvalue weighted by atomic mass is 16.1. The Kier molecular flexibility index (Phi) is 8.38. The lowest BCUT2D eigenvalue weighted by Gasteiger charge is -2.12. The fourth-order valence-corrected chi connectivity index (χ4v) is 1.44. The van der Waals surface area contributed by atoms with Crippen molar-refractivity contribution in [2.45, 2.75) is 58.9 Å². The topological polar surface area (TPSA) is 55.1 Å². The number of unbranched alkanes of at least 4 members (excludes halogenated alkanes) is 1. The van der Waals surface area contributed by atoms with E-state index in [1.54, 1.807) is 0 Å². The van der Waals surface area contributed by atoms with E-state index in [9.17, 15) is 4.79 Å². The van der Waals surface area contributed by atoms with Crippen LogP contribution < -0.4 is 11.1 Å². The van der Waals surface area contributed by atoms with Gasteiger partial charge in [-0.2, -0.15) is 0 Å². The first-order chi connectivity index (χ1) is 7.07. The molecule has 0 saturated heterocycles. The Labute approximate surface area is 93.8 Å². The molecule has 15 heavy (non-hydrogen) atoms. The van der Waals surface area contributed by atoms with Gasteiger partial charge in [-0.3, -0.25) is 4.79 Å². The minimum atomic E-state index is 0.126. The van der Waals surface area contributed by atoms with E-state index >= 15 is 0 Å². The van der Waals surface area contributed by atoms with E-state index in [4.69, 9.17) is 5.73 Å². The number of rotatable bonds is 8. The zero-order valence-electron chi connectivity index (χ0n) is 10.4. The van der Waals surface area contributed by atoms with Gasteiger partial charge in [0.1, 0.15) is 0 Å². The van der Waals surface area contributed by atoms with Crippen LogP contribution in [0, 0.1) is 5.92 Å². The Balaban J connectivity index is 3.51. The standard InChI is InChI=1S/C12H26N2O/c1-4-5-9-14-12(15)10(2)7-6-8-11(3)13/h10-11H,4-9,13H2,1-3H3,(H,14,15). The lowest BCUT2D eigenvalue weighted by Crippen LogP contribution is -2.30. The first-order valence-electron chi connectivity index (χ1n) is 6.11. The lowest BCUT2D eigenvalue weighted by atomic mass is 10.0.